The fourth-order valence-corrected chi connectivity index (χ4v) is 3.64. The van der Waals surface area contributed by atoms with E-state index in [2.05, 4.69) is 32.5 Å². The Hall–Kier alpha value is -3.84. The molecule has 4 aromatic heterocycles. The molecule has 4 heterocycles. The largest absolute Gasteiger partial charge is 0.497 e. The molecule has 0 saturated carbocycles. The maximum atomic E-state index is 5.23. The fourth-order valence-electron chi connectivity index (χ4n) is 3.64. The van der Waals surface area contributed by atoms with E-state index in [1.165, 1.54) is 0 Å². The van der Waals surface area contributed by atoms with E-state index in [1.54, 1.807) is 7.11 Å². The lowest BCUT2D eigenvalue weighted by Gasteiger charge is -2.07. The van der Waals surface area contributed by atoms with Crippen molar-refractivity contribution >= 4 is 22.1 Å². The van der Waals surface area contributed by atoms with Crippen LogP contribution >= 0.6 is 0 Å². The molecule has 5 rings (SSSR count). The number of rotatable bonds is 6. The summed E-state index contributed by atoms with van der Waals surface area (Å²) in [5.41, 5.74) is 6.67. The number of fused-ring (bicyclic) bond motifs is 2. The molecule has 0 bridgehead atoms. The minimum atomic E-state index is 0.647. The fraction of sp³-hybridized carbons (Fsp3) is 0.167. The van der Waals surface area contributed by atoms with Gasteiger partial charge >= 0.3 is 0 Å². The summed E-state index contributed by atoms with van der Waals surface area (Å²) in [6.45, 7) is 1.41. The van der Waals surface area contributed by atoms with Crippen molar-refractivity contribution in [2.75, 3.05) is 14.2 Å². The van der Waals surface area contributed by atoms with Gasteiger partial charge in [0.25, 0.3) is 0 Å². The van der Waals surface area contributed by atoms with Crippen LogP contribution in [0.15, 0.2) is 67.1 Å². The molecule has 154 valence electrons. The summed E-state index contributed by atoms with van der Waals surface area (Å²) in [6, 6.07) is 16.1. The molecule has 0 unspecified atom stereocenters. The second-order valence-electron chi connectivity index (χ2n) is 7.40. The van der Waals surface area contributed by atoms with Crippen LogP contribution in [0.25, 0.3) is 33.3 Å². The molecule has 0 saturated heterocycles. The standard InChI is InChI=1S/C24H22N6O/c1-25-11-17-9-23-22(26-12-17)8-7-21(29-23)18-10-19-14-28-30(24(19)27-13-18)15-16-3-5-20(31-2)6-4-16/h3-10,12-14,25H,11,15H2,1-2H3. The van der Waals surface area contributed by atoms with Gasteiger partial charge in [-0.1, -0.05) is 12.1 Å². The Kier molecular flexibility index (Phi) is 5.01. The Balaban J connectivity index is 1.46. The van der Waals surface area contributed by atoms with Crippen LogP contribution in [0.1, 0.15) is 11.1 Å². The highest BCUT2D eigenvalue weighted by atomic mass is 16.5. The van der Waals surface area contributed by atoms with Crippen LogP contribution in [-0.2, 0) is 13.1 Å². The van der Waals surface area contributed by atoms with Crippen LogP contribution in [0.3, 0.4) is 0 Å². The first-order valence-corrected chi connectivity index (χ1v) is 10.1. The molecule has 1 N–H and O–H groups in total. The second kappa shape index (κ2) is 8.12. The molecule has 7 heteroatoms. The average Bonchev–Trinajstić information content (AvgIpc) is 3.21. The van der Waals surface area contributed by atoms with E-state index in [4.69, 9.17) is 9.72 Å². The van der Waals surface area contributed by atoms with Crippen LogP contribution in [0.5, 0.6) is 5.75 Å². The van der Waals surface area contributed by atoms with Gasteiger partial charge in [0, 0.05) is 29.9 Å². The van der Waals surface area contributed by atoms with Crippen molar-refractivity contribution in [3.8, 4) is 17.0 Å². The van der Waals surface area contributed by atoms with Crippen LogP contribution in [-0.4, -0.2) is 38.9 Å². The predicted octanol–water partition coefficient (Wildman–Crippen LogP) is 3.82. The maximum absolute atomic E-state index is 5.23. The van der Waals surface area contributed by atoms with Gasteiger partial charge in [0.15, 0.2) is 5.65 Å². The first kappa shape index (κ1) is 19.1. The molecule has 7 nitrogen and oxygen atoms in total. The zero-order chi connectivity index (χ0) is 21.2. The van der Waals surface area contributed by atoms with E-state index in [1.807, 2.05) is 66.7 Å². The number of nitrogens with zero attached hydrogens (tertiary/aromatic N) is 5. The lowest BCUT2D eigenvalue weighted by molar-refractivity contribution is 0.414. The van der Waals surface area contributed by atoms with Crippen molar-refractivity contribution in [1.82, 2.24) is 30.0 Å². The summed E-state index contributed by atoms with van der Waals surface area (Å²) in [6.07, 6.45) is 5.58. The molecule has 0 radical (unpaired) electrons. The minimum Gasteiger partial charge on any atom is -0.497 e. The number of nitrogens with one attached hydrogen (secondary N) is 1. The Labute approximate surface area is 179 Å². The van der Waals surface area contributed by atoms with Gasteiger partial charge in [-0.2, -0.15) is 5.10 Å². The Morgan fingerprint density at radius 1 is 0.903 bits per heavy atom. The van der Waals surface area contributed by atoms with Gasteiger partial charge in [-0.25, -0.2) is 14.6 Å². The van der Waals surface area contributed by atoms with E-state index in [0.29, 0.717) is 6.54 Å². The summed E-state index contributed by atoms with van der Waals surface area (Å²) in [5.74, 6) is 0.841. The summed E-state index contributed by atoms with van der Waals surface area (Å²) < 4.78 is 7.13. The summed E-state index contributed by atoms with van der Waals surface area (Å²) >= 11 is 0. The Morgan fingerprint density at radius 3 is 2.58 bits per heavy atom. The number of ether oxygens (including phenoxy) is 1. The monoisotopic (exact) mass is 410 g/mol. The Bertz CT molecular complexity index is 1360. The molecular weight excluding hydrogens is 388 g/mol. The van der Waals surface area contributed by atoms with Crippen LogP contribution in [0.4, 0.5) is 0 Å². The van der Waals surface area contributed by atoms with Crippen molar-refractivity contribution in [3.63, 3.8) is 0 Å². The van der Waals surface area contributed by atoms with Gasteiger partial charge in [-0.15, -0.1) is 0 Å². The zero-order valence-electron chi connectivity index (χ0n) is 17.4. The van der Waals surface area contributed by atoms with Gasteiger partial charge < -0.3 is 10.1 Å². The third-order valence-corrected chi connectivity index (χ3v) is 5.24. The topological polar surface area (TPSA) is 77.8 Å². The minimum absolute atomic E-state index is 0.647. The third kappa shape index (κ3) is 3.83. The number of aromatic nitrogens is 5. The van der Waals surface area contributed by atoms with Crippen LogP contribution < -0.4 is 10.1 Å². The number of pyridine rings is 3. The molecule has 0 aliphatic heterocycles. The third-order valence-electron chi connectivity index (χ3n) is 5.24. The number of methoxy groups -OCH3 is 1. The molecule has 1 aromatic carbocycles. The van der Waals surface area contributed by atoms with Crippen molar-refractivity contribution in [3.05, 3.63) is 78.2 Å². The molecule has 0 aliphatic rings. The number of hydrogen-bond donors (Lipinski definition) is 1. The molecule has 0 fully saturated rings. The predicted molar refractivity (Wildman–Crippen MR) is 121 cm³/mol. The molecule has 0 amide bonds. The molecule has 31 heavy (non-hydrogen) atoms. The molecule has 0 atom stereocenters. The summed E-state index contributed by atoms with van der Waals surface area (Å²) in [7, 11) is 3.59. The molecule has 5 aromatic rings. The van der Waals surface area contributed by atoms with E-state index >= 15 is 0 Å². The normalized spacial score (nSPS) is 11.3. The highest BCUT2D eigenvalue weighted by Crippen LogP contribution is 2.24. The van der Waals surface area contributed by atoms with Gasteiger partial charge in [0.05, 0.1) is 36.6 Å². The quantitative estimate of drug-likeness (QED) is 0.459. The summed E-state index contributed by atoms with van der Waals surface area (Å²) in [5, 5.41) is 8.66. The van der Waals surface area contributed by atoms with Crippen molar-refractivity contribution in [1.29, 1.82) is 0 Å². The molecular formula is C24H22N6O. The highest BCUT2D eigenvalue weighted by Gasteiger charge is 2.09. The number of hydrogen-bond acceptors (Lipinski definition) is 6. The molecule has 0 aliphatic carbocycles. The van der Waals surface area contributed by atoms with E-state index in [-0.39, 0.29) is 0 Å². The van der Waals surface area contributed by atoms with Crippen LogP contribution in [0.2, 0.25) is 0 Å². The van der Waals surface area contributed by atoms with Crippen molar-refractivity contribution in [2.24, 2.45) is 0 Å². The zero-order valence-corrected chi connectivity index (χ0v) is 17.4. The summed E-state index contributed by atoms with van der Waals surface area (Å²) in [4.78, 5) is 14.0. The average molecular weight is 410 g/mol. The van der Waals surface area contributed by atoms with Gasteiger partial charge in [0.1, 0.15) is 5.75 Å². The first-order chi connectivity index (χ1) is 15.2. The SMILES string of the molecule is CNCc1cnc2ccc(-c3cnc4c(cnn4Cc4ccc(OC)cc4)c3)nc2c1. The lowest BCUT2D eigenvalue weighted by atomic mass is 10.1. The first-order valence-electron chi connectivity index (χ1n) is 10.1. The van der Waals surface area contributed by atoms with E-state index < -0.39 is 0 Å². The smallest absolute Gasteiger partial charge is 0.158 e. The van der Waals surface area contributed by atoms with E-state index in [9.17, 15) is 0 Å². The Morgan fingerprint density at radius 2 is 1.77 bits per heavy atom. The van der Waals surface area contributed by atoms with Gasteiger partial charge in [-0.05, 0) is 54.6 Å². The second-order valence-corrected chi connectivity index (χ2v) is 7.40. The van der Waals surface area contributed by atoms with Gasteiger partial charge in [0.2, 0.25) is 0 Å². The van der Waals surface area contributed by atoms with Crippen molar-refractivity contribution < 1.29 is 4.74 Å². The van der Waals surface area contributed by atoms with E-state index in [0.717, 1.165) is 56.7 Å². The van der Waals surface area contributed by atoms with Gasteiger partial charge in [-0.3, -0.25) is 4.98 Å². The highest BCUT2D eigenvalue weighted by molar-refractivity contribution is 5.83. The lowest BCUT2D eigenvalue weighted by Crippen LogP contribution is -2.05. The van der Waals surface area contributed by atoms with Crippen molar-refractivity contribution in [2.45, 2.75) is 13.1 Å². The maximum Gasteiger partial charge on any atom is 0.158 e. The molecule has 0 spiro atoms. The van der Waals surface area contributed by atoms with Crippen LogP contribution in [0, 0.1) is 0 Å². The number of benzene rings is 1.